The van der Waals surface area contributed by atoms with E-state index in [2.05, 4.69) is 10.3 Å². The highest BCUT2D eigenvalue weighted by Gasteiger charge is 2.20. The molecule has 0 aliphatic rings. The van der Waals surface area contributed by atoms with Crippen LogP contribution in [0.2, 0.25) is 0 Å². The van der Waals surface area contributed by atoms with E-state index in [1.54, 1.807) is 32.7 Å². The number of hydrogen-bond donors (Lipinski definition) is 1. The lowest BCUT2D eigenvalue weighted by atomic mass is 10.1. The van der Waals surface area contributed by atoms with E-state index in [0.717, 1.165) is 26.7 Å². The van der Waals surface area contributed by atoms with Crippen molar-refractivity contribution >= 4 is 44.1 Å². The molecule has 5 aromatic rings. The number of amides is 1. The van der Waals surface area contributed by atoms with Gasteiger partial charge in [0.25, 0.3) is 0 Å². The number of benzene rings is 2. The number of aromatic nitrogens is 2. The molecule has 35 heavy (non-hydrogen) atoms. The lowest BCUT2D eigenvalue weighted by molar-refractivity contribution is -0.121. The number of hydrogen-bond acceptors (Lipinski definition) is 6. The Morgan fingerprint density at radius 1 is 1.00 bits per heavy atom. The maximum absolute atomic E-state index is 13.4. The van der Waals surface area contributed by atoms with Gasteiger partial charge in [-0.3, -0.25) is 9.59 Å². The average molecular weight is 486 g/mol. The molecule has 176 valence electrons. The predicted octanol–water partition coefficient (Wildman–Crippen LogP) is 4.82. The van der Waals surface area contributed by atoms with Gasteiger partial charge in [-0.15, -0.1) is 11.3 Å². The number of nitrogens with zero attached hydrogens (tertiary/aromatic N) is 2. The predicted molar refractivity (Wildman–Crippen MR) is 136 cm³/mol. The van der Waals surface area contributed by atoms with E-state index < -0.39 is 0 Å². The zero-order valence-corrected chi connectivity index (χ0v) is 20.1. The van der Waals surface area contributed by atoms with E-state index >= 15 is 0 Å². The third-order valence-electron chi connectivity index (χ3n) is 5.80. The molecular weight excluding hydrogens is 462 g/mol. The number of para-hydroxylation sites is 1. The quantitative estimate of drug-likeness (QED) is 0.319. The molecular formula is C27H23N3O4S. The lowest BCUT2D eigenvalue weighted by Crippen LogP contribution is -2.26. The number of thiophene rings is 1. The van der Waals surface area contributed by atoms with Gasteiger partial charge in [0, 0.05) is 40.8 Å². The molecule has 0 saturated heterocycles. The highest BCUT2D eigenvalue weighted by molar-refractivity contribution is 7.20. The van der Waals surface area contributed by atoms with Gasteiger partial charge in [-0.1, -0.05) is 30.3 Å². The summed E-state index contributed by atoms with van der Waals surface area (Å²) in [5, 5.41) is 4.70. The minimum absolute atomic E-state index is 0.0753. The maximum atomic E-state index is 13.4. The van der Waals surface area contributed by atoms with Crippen LogP contribution in [0.4, 0.5) is 0 Å². The summed E-state index contributed by atoms with van der Waals surface area (Å²) in [5.41, 5.74) is 2.29. The van der Waals surface area contributed by atoms with Crippen molar-refractivity contribution in [3.63, 3.8) is 0 Å². The summed E-state index contributed by atoms with van der Waals surface area (Å²) in [6.07, 6.45) is 3.49. The van der Waals surface area contributed by atoms with Crippen molar-refractivity contribution in [3.8, 4) is 11.5 Å². The number of carbonyl (C=O) groups is 2. The second-order valence-electron chi connectivity index (χ2n) is 7.99. The van der Waals surface area contributed by atoms with Crippen LogP contribution in [0.1, 0.15) is 20.8 Å². The second-order valence-corrected chi connectivity index (χ2v) is 9.02. The molecule has 0 unspecified atom stereocenters. The molecule has 7 nitrogen and oxygen atoms in total. The van der Waals surface area contributed by atoms with Gasteiger partial charge in [-0.2, -0.15) is 0 Å². The van der Waals surface area contributed by atoms with E-state index in [4.69, 9.17) is 9.47 Å². The van der Waals surface area contributed by atoms with Crippen LogP contribution in [0.25, 0.3) is 21.1 Å². The Bertz CT molecular complexity index is 1520. The van der Waals surface area contributed by atoms with Gasteiger partial charge in [-0.05, 0) is 35.9 Å². The van der Waals surface area contributed by atoms with Crippen LogP contribution in [0.5, 0.6) is 11.5 Å². The zero-order chi connectivity index (χ0) is 24.4. The van der Waals surface area contributed by atoms with E-state index in [1.165, 1.54) is 11.3 Å². The number of fused-ring (bicyclic) bond motifs is 2. The lowest BCUT2D eigenvalue weighted by Gasteiger charge is -2.11. The first-order chi connectivity index (χ1) is 17.1. The molecule has 3 heterocycles. The van der Waals surface area contributed by atoms with Crippen molar-refractivity contribution < 1.29 is 19.1 Å². The van der Waals surface area contributed by atoms with Gasteiger partial charge < -0.3 is 19.4 Å². The Balaban J connectivity index is 1.36. The Morgan fingerprint density at radius 3 is 2.63 bits per heavy atom. The first-order valence-corrected chi connectivity index (χ1v) is 11.8. The third kappa shape index (κ3) is 4.48. The molecule has 0 bridgehead atoms. The van der Waals surface area contributed by atoms with E-state index in [9.17, 15) is 9.59 Å². The monoisotopic (exact) mass is 485 g/mol. The van der Waals surface area contributed by atoms with Crippen LogP contribution < -0.4 is 14.8 Å². The number of ether oxygens (including phenoxy) is 2. The zero-order valence-electron chi connectivity index (χ0n) is 19.3. The fraction of sp³-hybridized carbons (Fsp3) is 0.148. The Labute approximate surface area is 205 Å². The van der Waals surface area contributed by atoms with Crippen molar-refractivity contribution in [2.75, 3.05) is 14.2 Å². The largest absolute Gasteiger partial charge is 0.493 e. The van der Waals surface area contributed by atoms with Crippen molar-refractivity contribution in [2.24, 2.45) is 0 Å². The van der Waals surface area contributed by atoms with Gasteiger partial charge in [-0.25, -0.2) is 4.98 Å². The first kappa shape index (κ1) is 22.6. The number of nitrogens with one attached hydrogen (secondary N) is 1. The molecule has 8 heteroatoms. The average Bonchev–Trinajstić information content (AvgIpc) is 3.49. The molecule has 0 spiro atoms. The SMILES string of the molecule is COc1ccc(CNC(=O)Cn2cc(C(=O)c3cc4cccnc4s3)c3ccccc32)cc1OC. The van der Waals surface area contributed by atoms with Gasteiger partial charge in [0.1, 0.15) is 11.4 Å². The van der Waals surface area contributed by atoms with Crippen molar-refractivity contribution in [2.45, 2.75) is 13.1 Å². The Kier molecular flexibility index (Phi) is 6.20. The highest BCUT2D eigenvalue weighted by Crippen LogP contribution is 2.30. The summed E-state index contributed by atoms with van der Waals surface area (Å²) >= 11 is 1.37. The molecule has 0 radical (unpaired) electrons. The maximum Gasteiger partial charge on any atom is 0.240 e. The van der Waals surface area contributed by atoms with E-state index in [1.807, 2.05) is 59.2 Å². The highest BCUT2D eigenvalue weighted by atomic mass is 32.1. The molecule has 1 N–H and O–H groups in total. The van der Waals surface area contributed by atoms with E-state index in [0.29, 0.717) is 28.5 Å². The Morgan fingerprint density at radius 2 is 1.83 bits per heavy atom. The normalized spacial score (nSPS) is 11.0. The molecule has 1 amide bonds. The number of methoxy groups -OCH3 is 2. The van der Waals surface area contributed by atoms with Crippen LogP contribution in [0.15, 0.2) is 73.1 Å². The van der Waals surface area contributed by atoms with Crippen molar-refractivity contribution in [1.29, 1.82) is 0 Å². The molecule has 0 saturated carbocycles. The minimum atomic E-state index is -0.161. The third-order valence-corrected chi connectivity index (χ3v) is 6.86. The standard InChI is InChI=1S/C27H23N3O4S/c1-33-22-10-9-17(12-23(22)34-2)14-29-25(31)16-30-15-20(19-7-3-4-8-21(19)30)26(32)24-13-18-6-5-11-28-27(18)35-24/h3-13,15H,14,16H2,1-2H3,(H,29,31). The summed E-state index contributed by atoms with van der Waals surface area (Å²) in [6.45, 7) is 0.439. The number of pyridine rings is 1. The topological polar surface area (TPSA) is 82.5 Å². The molecule has 5 rings (SSSR count). The molecule has 3 aromatic heterocycles. The van der Waals surface area contributed by atoms with Gasteiger partial charge in [0.05, 0.1) is 19.1 Å². The van der Waals surface area contributed by atoms with Crippen molar-refractivity contribution in [3.05, 3.63) is 89.1 Å². The van der Waals surface area contributed by atoms with E-state index in [-0.39, 0.29) is 18.2 Å². The van der Waals surface area contributed by atoms with Crippen LogP contribution >= 0.6 is 11.3 Å². The second kappa shape index (κ2) is 9.60. The fourth-order valence-electron chi connectivity index (χ4n) is 4.08. The number of ketones is 1. The summed E-state index contributed by atoms with van der Waals surface area (Å²) < 4.78 is 12.4. The summed E-state index contributed by atoms with van der Waals surface area (Å²) in [5.74, 6) is 1.00. The van der Waals surface area contributed by atoms with Crippen LogP contribution in [0.3, 0.4) is 0 Å². The summed E-state index contributed by atoms with van der Waals surface area (Å²) in [7, 11) is 3.16. The van der Waals surface area contributed by atoms with Crippen LogP contribution in [-0.2, 0) is 17.9 Å². The Hall–Kier alpha value is -4.17. The molecule has 0 aliphatic heterocycles. The summed E-state index contributed by atoms with van der Waals surface area (Å²) in [6, 6.07) is 18.8. The minimum Gasteiger partial charge on any atom is -0.493 e. The number of carbonyl (C=O) groups excluding carboxylic acids is 2. The van der Waals surface area contributed by atoms with Crippen molar-refractivity contribution in [1.82, 2.24) is 14.9 Å². The first-order valence-electron chi connectivity index (χ1n) is 11.0. The number of rotatable bonds is 8. The van der Waals surface area contributed by atoms with Gasteiger partial charge in [0.2, 0.25) is 11.7 Å². The molecule has 0 aliphatic carbocycles. The molecule has 2 aromatic carbocycles. The van der Waals surface area contributed by atoms with Crippen LogP contribution in [0, 0.1) is 0 Å². The summed E-state index contributed by atoms with van der Waals surface area (Å²) in [4.78, 5) is 32.0. The van der Waals surface area contributed by atoms with Crippen LogP contribution in [-0.4, -0.2) is 35.5 Å². The molecule has 0 fully saturated rings. The van der Waals surface area contributed by atoms with Gasteiger partial charge >= 0.3 is 0 Å². The smallest absolute Gasteiger partial charge is 0.240 e. The fourth-order valence-corrected chi connectivity index (χ4v) is 5.03. The van der Waals surface area contributed by atoms with Gasteiger partial charge in [0.15, 0.2) is 11.5 Å². The molecule has 0 atom stereocenters.